The number of likely N-dealkylation sites (tertiary alicyclic amines) is 1. The molecule has 0 aromatic carbocycles. The summed E-state index contributed by atoms with van der Waals surface area (Å²) in [5.41, 5.74) is 0. The molecule has 2 atom stereocenters. The molecule has 5 heteroatoms. The molecule has 0 radical (unpaired) electrons. The number of nitrogens with zero attached hydrogens (tertiary/aromatic N) is 2. The van der Waals surface area contributed by atoms with Gasteiger partial charge in [0.2, 0.25) is 0 Å². The molecule has 2 rings (SSSR count). The van der Waals surface area contributed by atoms with E-state index in [2.05, 4.69) is 4.90 Å². The van der Waals surface area contributed by atoms with E-state index < -0.39 is 0 Å². The molecule has 14 heavy (non-hydrogen) atoms. The van der Waals surface area contributed by atoms with Crippen LogP contribution in [0.15, 0.2) is 0 Å². The summed E-state index contributed by atoms with van der Waals surface area (Å²) in [5.74, 6) is 0. The minimum Gasteiger partial charge on any atom is -0.447 e. The summed E-state index contributed by atoms with van der Waals surface area (Å²) in [7, 11) is 2.00. The number of aliphatic hydroxyl groups excluding tert-OH is 1. The van der Waals surface area contributed by atoms with Crippen molar-refractivity contribution >= 4 is 6.09 Å². The van der Waals surface area contributed by atoms with E-state index in [4.69, 9.17) is 9.84 Å². The molecular weight excluding hydrogens is 184 g/mol. The Balaban J connectivity index is 2.10. The van der Waals surface area contributed by atoms with Crippen LogP contribution in [0.25, 0.3) is 0 Å². The van der Waals surface area contributed by atoms with Gasteiger partial charge >= 0.3 is 6.09 Å². The van der Waals surface area contributed by atoms with Crippen molar-refractivity contribution in [3.63, 3.8) is 0 Å². The zero-order valence-electron chi connectivity index (χ0n) is 8.35. The van der Waals surface area contributed by atoms with Crippen LogP contribution in [0.3, 0.4) is 0 Å². The lowest BCUT2D eigenvalue weighted by molar-refractivity contribution is 0.0777. The standard InChI is InChI=1S/C9H16N2O3/c1-10-4-2-3-8(10)11-7(5-12)6-14-9(11)13/h7-8,12H,2-6H2,1H3. The Morgan fingerprint density at radius 3 is 3.00 bits per heavy atom. The van der Waals surface area contributed by atoms with E-state index in [1.807, 2.05) is 7.05 Å². The average Bonchev–Trinajstić information content (AvgIpc) is 2.72. The SMILES string of the molecule is CN1CCCC1N1C(=O)OCC1CO. The Morgan fingerprint density at radius 1 is 1.64 bits per heavy atom. The van der Waals surface area contributed by atoms with E-state index >= 15 is 0 Å². The van der Waals surface area contributed by atoms with Crippen LogP contribution >= 0.6 is 0 Å². The van der Waals surface area contributed by atoms with E-state index in [1.165, 1.54) is 0 Å². The molecule has 2 heterocycles. The highest BCUT2D eigenvalue weighted by atomic mass is 16.6. The lowest BCUT2D eigenvalue weighted by atomic mass is 10.2. The van der Waals surface area contributed by atoms with Crippen molar-refractivity contribution in [2.45, 2.75) is 25.0 Å². The number of hydrogen-bond donors (Lipinski definition) is 1. The monoisotopic (exact) mass is 200 g/mol. The van der Waals surface area contributed by atoms with Crippen molar-refractivity contribution in [3.05, 3.63) is 0 Å². The molecule has 2 aliphatic heterocycles. The Kier molecular flexibility index (Phi) is 2.60. The molecule has 0 spiro atoms. The predicted molar refractivity (Wildman–Crippen MR) is 49.7 cm³/mol. The van der Waals surface area contributed by atoms with Crippen LogP contribution < -0.4 is 0 Å². The number of aliphatic hydroxyl groups is 1. The molecular formula is C9H16N2O3. The molecule has 2 unspecified atom stereocenters. The summed E-state index contributed by atoms with van der Waals surface area (Å²) in [4.78, 5) is 15.2. The van der Waals surface area contributed by atoms with Crippen molar-refractivity contribution < 1.29 is 14.6 Å². The zero-order valence-corrected chi connectivity index (χ0v) is 8.35. The maximum atomic E-state index is 11.4. The Hall–Kier alpha value is -0.810. The molecule has 1 amide bonds. The fraction of sp³-hybridized carbons (Fsp3) is 0.889. The lowest BCUT2D eigenvalue weighted by Crippen LogP contribution is -2.49. The predicted octanol–water partition coefficient (Wildman–Crippen LogP) is -0.149. The van der Waals surface area contributed by atoms with E-state index in [0.29, 0.717) is 6.61 Å². The van der Waals surface area contributed by atoms with Crippen LogP contribution in [0.1, 0.15) is 12.8 Å². The van der Waals surface area contributed by atoms with Crippen molar-refractivity contribution in [2.24, 2.45) is 0 Å². The number of rotatable bonds is 2. The van der Waals surface area contributed by atoms with Gasteiger partial charge in [-0.2, -0.15) is 0 Å². The highest BCUT2D eigenvalue weighted by molar-refractivity contribution is 5.70. The number of ether oxygens (including phenoxy) is 1. The number of carbonyl (C=O) groups is 1. The van der Waals surface area contributed by atoms with Gasteiger partial charge in [0, 0.05) is 0 Å². The molecule has 0 aromatic rings. The molecule has 2 saturated heterocycles. The first-order valence-corrected chi connectivity index (χ1v) is 5.00. The molecule has 1 N–H and O–H groups in total. The van der Waals surface area contributed by atoms with Gasteiger partial charge in [0.25, 0.3) is 0 Å². The third kappa shape index (κ3) is 1.46. The summed E-state index contributed by atoms with van der Waals surface area (Å²) < 4.78 is 4.93. The van der Waals surface area contributed by atoms with Gasteiger partial charge in [0.15, 0.2) is 0 Å². The molecule has 2 aliphatic rings. The number of hydrogen-bond acceptors (Lipinski definition) is 4. The molecule has 80 valence electrons. The molecule has 2 fully saturated rings. The maximum Gasteiger partial charge on any atom is 0.411 e. The first kappa shape index (κ1) is 9.73. The second kappa shape index (κ2) is 3.74. The average molecular weight is 200 g/mol. The minimum absolute atomic E-state index is 0.0178. The smallest absolute Gasteiger partial charge is 0.411 e. The van der Waals surface area contributed by atoms with E-state index in [-0.39, 0.29) is 24.9 Å². The minimum atomic E-state index is -0.289. The number of amides is 1. The fourth-order valence-electron chi connectivity index (χ4n) is 2.22. The van der Waals surface area contributed by atoms with Gasteiger partial charge in [-0.05, 0) is 26.4 Å². The van der Waals surface area contributed by atoms with Crippen LogP contribution in [-0.2, 0) is 4.74 Å². The Bertz CT molecular complexity index is 234. The normalized spacial score (nSPS) is 33.9. The van der Waals surface area contributed by atoms with Gasteiger partial charge in [-0.1, -0.05) is 0 Å². The van der Waals surface area contributed by atoms with Crippen LogP contribution in [0.4, 0.5) is 4.79 Å². The summed E-state index contributed by atoms with van der Waals surface area (Å²) in [6.45, 7) is 1.31. The van der Waals surface area contributed by atoms with Crippen LogP contribution in [0, 0.1) is 0 Å². The highest BCUT2D eigenvalue weighted by Crippen LogP contribution is 2.25. The Morgan fingerprint density at radius 2 is 2.43 bits per heavy atom. The third-order valence-corrected chi connectivity index (χ3v) is 3.02. The molecule has 0 aromatic heterocycles. The maximum absolute atomic E-state index is 11.4. The van der Waals surface area contributed by atoms with Gasteiger partial charge in [0.1, 0.15) is 6.61 Å². The van der Waals surface area contributed by atoms with Gasteiger partial charge in [0.05, 0.1) is 18.8 Å². The van der Waals surface area contributed by atoms with Crippen LogP contribution in [0.2, 0.25) is 0 Å². The number of carbonyl (C=O) groups excluding carboxylic acids is 1. The molecule has 0 bridgehead atoms. The van der Waals surface area contributed by atoms with E-state index in [9.17, 15) is 4.79 Å². The number of cyclic esters (lactones) is 1. The highest BCUT2D eigenvalue weighted by Gasteiger charge is 2.40. The third-order valence-electron chi connectivity index (χ3n) is 3.02. The van der Waals surface area contributed by atoms with E-state index in [0.717, 1.165) is 19.4 Å². The second-order valence-corrected chi connectivity index (χ2v) is 3.92. The fourth-order valence-corrected chi connectivity index (χ4v) is 2.22. The lowest BCUT2D eigenvalue weighted by Gasteiger charge is -2.31. The van der Waals surface area contributed by atoms with Crippen molar-refractivity contribution in [1.82, 2.24) is 9.80 Å². The van der Waals surface area contributed by atoms with Crippen LogP contribution in [0.5, 0.6) is 0 Å². The van der Waals surface area contributed by atoms with Crippen molar-refractivity contribution in [1.29, 1.82) is 0 Å². The van der Waals surface area contributed by atoms with Crippen molar-refractivity contribution in [3.8, 4) is 0 Å². The summed E-state index contributed by atoms with van der Waals surface area (Å²) in [6, 6.07) is -0.159. The van der Waals surface area contributed by atoms with Gasteiger partial charge in [-0.3, -0.25) is 9.80 Å². The molecule has 0 aliphatic carbocycles. The second-order valence-electron chi connectivity index (χ2n) is 3.92. The van der Waals surface area contributed by atoms with Gasteiger partial charge < -0.3 is 9.84 Å². The molecule has 5 nitrogen and oxygen atoms in total. The topological polar surface area (TPSA) is 53.0 Å². The zero-order chi connectivity index (χ0) is 10.1. The summed E-state index contributed by atoms with van der Waals surface area (Å²) >= 11 is 0. The van der Waals surface area contributed by atoms with Gasteiger partial charge in [-0.25, -0.2) is 4.79 Å². The molecule has 0 saturated carbocycles. The largest absolute Gasteiger partial charge is 0.447 e. The quantitative estimate of drug-likeness (QED) is 0.673. The van der Waals surface area contributed by atoms with Crippen LogP contribution in [-0.4, -0.2) is 60.0 Å². The van der Waals surface area contributed by atoms with Crippen molar-refractivity contribution in [2.75, 3.05) is 26.8 Å². The van der Waals surface area contributed by atoms with E-state index in [1.54, 1.807) is 4.90 Å². The first-order valence-electron chi connectivity index (χ1n) is 5.00. The first-order chi connectivity index (χ1) is 6.74. The summed E-state index contributed by atoms with van der Waals surface area (Å²) in [6.07, 6.45) is 1.90. The van der Waals surface area contributed by atoms with Gasteiger partial charge in [-0.15, -0.1) is 0 Å². The Labute approximate surface area is 83.2 Å². The summed E-state index contributed by atoms with van der Waals surface area (Å²) in [5, 5.41) is 9.11.